The third-order valence-corrected chi connectivity index (χ3v) is 4.94. The minimum Gasteiger partial charge on any atom is -0.741 e. The molecule has 0 heterocycles. The molecule has 36 heavy (non-hydrogen) atoms. The zero-order valence-electron chi connectivity index (χ0n) is 20.7. The highest BCUT2D eigenvalue weighted by Gasteiger charge is 2.37. The Balaban J connectivity index is 0. The van der Waals surface area contributed by atoms with E-state index >= 15 is 0 Å². The fourth-order valence-electron chi connectivity index (χ4n) is 1.95. The van der Waals surface area contributed by atoms with E-state index in [1.807, 2.05) is 0 Å². The maximum absolute atomic E-state index is 10.7. The highest BCUT2D eigenvalue weighted by atomic mass is 32.2. The normalized spacial score (nSPS) is 13.2. The van der Waals surface area contributed by atoms with E-state index in [4.69, 9.17) is 30.7 Å². The molecule has 0 aliphatic carbocycles. The van der Waals surface area contributed by atoms with Gasteiger partial charge in [0.1, 0.15) is 5.75 Å². The molecule has 0 saturated carbocycles. The molecular weight excluding hydrogens is 546 g/mol. The molecule has 0 spiro atoms. The molecule has 17 heteroatoms. The zero-order valence-corrected chi connectivity index (χ0v) is 22.3. The first-order chi connectivity index (χ1) is 15.7. The van der Waals surface area contributed by atoms with Crippen LogP contribution in [0, 0.1) is 0 Å². The van der Waals surface area contributed by atoms with Crippen LogP contribution in [0.4, 0.5) is 26.3 Å². The van der Waals surface area contributed by atoms with Gasteiger partial charge in [-0.3, -0.25) is 0 Å². The number of likely N-dealkylation sites (N-methyl/N-ethyl adjacent to an activating group) is 1. The van der Waals surface area contributed by atoms with Crippen molar-refractivity contribution in [3.63, 3.8) is 0 Å². The van der Waals surface area contributed by atoms with Crippen LogP contribution in [0.3, 0.4) is 0 Å². The van der Waals surface area contributed by atoms with Crippen LogP contribution in [0.2, 0.25) is 0 Å². The van der Waals surface area contributed by atoms with Crippen LogP contribution in [0.15, 0.2) is 24.3 Å². The smallest absolute Gasteiger partial charge is 0.485 e. The van der Waals surface area contributed by atoms with Crippen LogP contribution >= 0.6 is 0 Å². The van der Waals surface area contributed by atoms with E-state index in [2.05, 4.69) is 66.6 Å². The molecule has 1 aromatic carbocycles. The highest BCUT2D eigenvalue weighted by Crippen LogP contribution is 2.21. The first-order valence-corrected chi connectivity index (χ1v) is 12.8. The van der Waals surface area contributed by atoms with E-state index in [-0.39, 0.29) is 0 Å². The average Bonchev–Trinajstić information content (AvgIpc) is 2.61. The minimum atomic E-state index is -6.09. The Morgan fingerprint density at radius 1 is 0.722 bits per heavy atom. The lowest BCUT2D eigenvalue weighted by Gasteiger charge is -2.24. The number of hydrogen-bond acceptors (Lipinski definition) is 7. The Morgan fingerprint density at radius 2 is 1.06 bits per heavy atom. The van der Waals surface area contributed by atoms with Crippen LogP contribution in [0.25, 0.3) is 0 Å². The molecule has 0 aliphatic rings. The second-order valence-corrected chi connectivity index (χ2v) is 12.2. The number of ether oxygens (including phenoxy) is 1. The van der Waals surface area contributed by atoms with Gasteiger partial charge in [-0.05, 0) is 17.7 Å². The predicted molar refractivity (Wildman–Crippen MR) is 118 cm³/mol. The van der Waals surface area contributed by atoms with E-state index in [1.165, 1.54) is 5.56 Å². The first kappa shape index (κ1) is 36.5. The fourth-order valence-corrected chi connectivity index (χ4v) is 1.95. The standard InChI is InChI=1S/C17H32N2O.2CHF3O3S/c1-18(2,3)13-7-15-20-17-10-8-16(9-11-17)12-14-19(4,5)6;2*2-1(3,4)8(5,6)7/h8-11H,7,12-15H2,1-6H3;2*(H,5,6,7)/q+2;;/p-2. The Bertz CT molecular complexity index is 940. The van der Waals surface area contributed by atoms with Gasteiger partial charge in [0.25, 0.3) is 0 Å². The SMILES string of the molecule is C[N+](C)(C)CCCOc1ccc(CC[N+](C)(C)C)cc1.O=S(=O)([O-])C(F)(F)F.O=S(=O)([O-])C(F)(F)F. The molecular formula is C19H32F6N2O7S2. The summed E-state index contributed by atoms with van der Waals surface area (Å²) in [6, 6.07) is 8.56. The Hall–Kier alpha value is -1.66. The third-order valence-electron chi connectivity index (χ3n) is 3.80. The molecule has 9 nitrogen and oxygen atoms in total. The summed E-state index contributed by atoms with van der Waals surface area (Å²) >= 11 is 0. The second kappa shape index (κ2) is 13.8. The summed E-state index contributed by atoms with van der Waals surface area (Å²) in [5, 5.41) is 0. The van der Waals surface area contributed by atoms with Gasteiger partial charge in [-0.1, -0.05) is 12.1 Å². The third kappa shape index (κ3) is 19.5. The van der Waals surface area contributed by atoms with E-state index in [0.29, 0.717) is 0 Å². The molecule has 0 atom stereocenters. The van der Waals surface area contributed by atoms with Crippen molar-refractivity contribution in [3.8, 4) is 5.75 Å². The lowest BCUT2D eigenvalue weighted by molar-refractivity contribution is -0.870. The van der Waals surface area contributed by atoms with Gasteiger partial charge >= 0.3 is 11.0 Å². The van der Waals surface area contributed by atoms with Crippen LogP contribution in [0.1, 0.15) is 12.0 Å². The molecule has 0 aromatic heterocycles. The van der Waals surface area contributed by atoms with Gasteiger partial charge in [-0.25, -0.2) is 16.8 Å². The summed E-state index contributed by atoms with van der Waals surface area (Å²) in [7, 11) is 1.13. The average molecular weight is 579 g/mol. The van der Waals surface area contributed by atoms with Crippen LogP contribution < -0.4 is 4.74 Å². The summed E-state index contributed by atoms with van der Waals surface area (Å²) in [5.74, 6) is 0.986. The number of halogens is 6. The van der Waals surface area contributed by atoms with Crippen LogP contribution in [0.5, 0.6) is 5.75 Å². The quantitative estimate of drug-likeness (QED) is 0.153. The Labute approximate surface area is 207 Å². The van der Waals surface area contributed by atoms with E-state index < -0.39 is 31.3 Å². The van der Waals surface area contributed by atoms with Gasteiger partial charge in [0.05, 0.1) is 62.0 Å². The molecule has 0 saturated heterocycles. The number of quaternary nitrogens is 2. The van der Waals surface area contributed by atoms with Crippen molar-refractivity contribution < 1.29 is 66.0 Å². The molecule has 0 unspecified atom stereocenters. The molecule has 1 aromatic rings. The summed E-state index contributed by atoms with van der Waals surface area (Å²) in [4.78, 5) is 0. The molecule has 0 bridgehead atoms. The maximum Gasteiger partial charge on any atom is 0.485 e. The van der Waals surface area contributed by atoms with Crippen molar-refractivity contribution in [1.82, 2.24) is 0 Å². The number of nitrogens with zero attached hydrogens (tertiary/aromatic N) is 2. The summed E-state index contributed by atoms with van der Waals surface area (Å²) in [6.45, 7) is 3.10. The van der Waals surface area contributed by atoms with Crippen molar-refractivity contribution in [1.29, 1.82) is 0 Å². The molecule has 214 valence electrons. The van der Waals surface area contributed by atoms with Crippen molar-refractivity contribution in [2.45, 2.75) is 23.9 Å². The molecule has 0 amide bonds. The lowest BCUT2D eigenvalue weighted by atomic mass is 10.1. The van der Waals surface area contributed by atoms with Gasteiger partial charge in [-0.2, -0.15) is 26.3 Å². The van der Waals surface area contributed by atoms with Gasteiger partial charge in [0.2, 0.25) is 0 Å². The van der Waals surface area contributed by atoms with Gasteiger partial charge in [0, 0.05) is 12.8 Å². The van der Waals surface area contributed by atoms with E-state index in [0.717, 1.165) is 47.3 Å². The largest absolute Gasteiger partial charge is 0.741 e. The molecule has 0 radical (unpaired) electrons. The second-order valence-electron chi connectivity index (χ2n) is 9.42. The van der Waals surface area contributed by atoms with E-state index in [9.17, 15) is 26.3 Å². The van der Waals surface area contributed by atoms with Gasteiger partial charge in [-0.15, -0.1) is 0 Å². The number of benzene rings is 1. The van der Waals surface area contributed by atoms with E-state index in [1.54, 1.807) is 0 Å². The maximum atomic E-state index is 10.7. The summed E-state index contributed by atoms with van der Waals surface area (Å²) < 4.78 is 126. The molecule has 0 aliphatic heterocycles. The zero-order chi connectivity index (χ0) is 29.2. The summed E-state index contributed by atoms with van der Waals surface area (Å²) in [5.41, 5.74) is -9.91. The number of alkyl halides is 6. The topological polar surface area (TPSA) is 124 Å². The van der Waals surface area contributed by atoms with Crippen molar-refractivity contribution in [2.75, 3.05) is 62.0 Å². The van der Waals surface area contributed by atoms with Gasteiger partial charge < -0.3 is 22.8 Å². The molecule has 0 N–H and O–H groups in total. The monoisotopic (exact) mass is 578 g/mol. The molecule has 1 rings (SSSR count). The van der Waals surface area contributed by atoms with Crippen molar-refractivity contribution in [3.05, 3.63) is 29.8 Å². The van der Waals surface area contributed by atoms with Crippen LogP contribution in [-0.4, -0.2) is 108 Å². The fraction of sp³-hybridized carbons (Fsp3) is 0.684. The predicted octanol–water partition coefficient (Wildman–Crippen LogP) is 2.51. The summed E-state index contributed by atoms with van der Waals surface area (Å²) in [6.07, 6.45) is 2.21. The molecule has 0 fully saturated rings. The first-order valence-electron chi connectivity index (χ1n) is 10.0. The van der Waals surface area contributed by atoms with Crippen molar-refractivity contribution in [2.24, 2.45) is 0 Å². The van der Waals surface area contributed by atoms with Gasteiger partial charge in [0.15, 0.2) is 20.2 Å². The number of rotatable bonds is 8. The van der Waals surface area contributed by atoms with Crippen molar-refractivity contribution >= 4 is 20.2 Å². The Morgan fingerprint density at radius 3 is 1.33 bits per heavy atom. The minimum absolute atomic E-state index is 0.799. The van der Waals surface area contributed by atoms with Crippen LogP contribution in [-0.2, 0) is 26.7 Å². The highest BCUT2D eigenvalue weighted by molar-refractivity contribution is 7.86. The Kier molecular flexibility index (Phi) is 13.9. The lowest BCUT2D eigenvalue weighted by Crippen LogP contribution is -2.36. The number of hydrogen-bond donors (Lipinski definition) is 0.